The van der Waals surface area contributed by atoms with Crippen molar-refractivity contribution in [2.45, 2.75) is 18.2 Å². The lowest BCUT2D eigenvalue weighted by atomic mass is 10.3. The maximum absolute atomic E-state index is 12.5. The summed E-state index contributed by atoms with van der Waals surface area (Å²) in [6.07, 6.45) is -2.69. The summed E-state index contributed by atoms with van der Waals surface area (Å²) >= 11 is 0. The Labute approximate surface area is 124 Å². The number of halogens is 2. The minimum atomic E-state index is -3.32. The van der Waals surface area contributed by atoms with Crippen molar-refractivity contribution in [1.29, 1.82) is 0 Å². The molecule has 1 aromatic carbocycles. The maximum atomic E-state index is 12.5. The summed E-state index contributed by atoms with van der Waals surface area (Å²) in [7, 11) is -3.32. The van der Waals surface area contributed by atoms with E-state index in [1.807, 2.05) is 0 Å². The van der Waals surface area contributed by atoms with E-state index in [4.69, 9.17) is 4.42 Å². The molecule has 0 aliphatic rings. The Kier molecular flexibility index (Phi) is 3.48. The van der Waals surface area contributed by atoms with Crippen molar-refractivity contribution in [2.24, 2.45) is 0 Å². The standard InChI is InChI=1S/C14H12F2N2O3S/c1-2-22(19,20)8-3-4-9-10(7-8)18-14(17-9)12-6-5-11(21-12)13(15)16/h3-7,13H,2H2,1H3,(H,17,18). The van der Waals surface area contributed by atoms with Crippen molar-refractivity contribution in [3.63, 3.8) is 0 Å². The third-order valence-electron chi connectivity index (χ3n) is 3.27. The summed E-state index contributed by atoms with van der Waals surface area (Å²) in [5.41, 5.74) is 1.03. The van der Waals surface area contributed by atoms with E-state index in [0.717, 1.165) is 0 Å². The first-order valence-electron chi connectivity index (χ1n) is 6.51. The number of imidazole rings is 1. The number of hydrogen-bond acceptors (Lipinski definition) is 4. The molecule has 116 valence electrons. The van der Waals surface area contributed by atoms with Crippen LogP contribution in [0.2, 0.25) is 0 Å². The largest absolute Gasteiger partial charge is 0.452 e. The average molecular weight is 326 g/mol. The van der Waals surface area contributed by atoms with Gasteiger partial charge < -0.3 is 9.40 Å². The molecule has 0 saturated carbocycles. The smallest absolute Gasteiger partial charge is 0.295 e. The van der Waals surface area contributed by atoms with Gasteiger partial charge in [0.2, 0.25) is 0 Å². The molecule has 5 nitrogen and oxygen atoms in total. The Balaban J connectivity index is 2.06. The number of aromatic nitrogens is 2. The molecule has 2 aromatic heterocycles. The van der Waals surface area contributed by atoms with Crippen molar-refractivity contribution in [1.82, 2.24) is 9.97 Å². The van der Waals surface area contributed by atoms with Gasteiger partial charge in [-0.25, -0.2) is 22.2 Å². The van der Waals surface area contributed by atoms with Gasteiger partial charge in [0.15, 0.2) is 27.2 Å². The van der Waals surface area contributed by atoms with E-state index in [-0.39, 0.29) is 22.2 Å². The Bertz CT molecular complexity index is 929. The first-order valence-corrected chi connectivity index (χ1v) is 8.16. The van der Waals surface area contributed by atoms with Crippen molar-refractivity contribution in [2.75, 3.05) is 5.75 Å². The van der Waals surface area contributed by atoms with Crippen LogP contribution in [0.3, 0.4) is 0 Å². The molecule has 0 saturated heterocycles. The van der Waals surface area contributed by atoms with Gasteiger partial charge in [-0.1, -0.05) is 6.92 Å². The highest BCUT2D eigenvalue weighted by Gasteiger charge is 2.17. The molecule has 3 aromatic rings. The normalized spacial score (nSPS) is 12.4. The average Bonchev–Trinajstić information content (AvgIpc) is 3.12. The van der Waals surface area contributed by atoms with Gasteiger partial charge in [-0.3, -0.25) is 0 Å². The first-order chi connectivity index (χ1) is 10.4. The Morgan fingerprint density at radius 1 is 1.27 bits per heavy atom. The summed E-state index contributed by atoms with van der Waals surface area (Å²) in [5, 5.41) is 0. The van der Waals surface area contributed by atoms with Crippen molar-refractivity contribution >= 4 is 20.9 Å². The third-order valence-corrected chi connectivity index (χ3v) is 5.00. The van der Waals surface area contributed by atoms with E-state index in [1.165, 1.54) is 24.3 Å². The van der Waals surface area contributed by atoms with E-state index in [1.54, 1.807) is 13.0 Å². The summed E-state index contributed by atoms with van der Waals surface area (Å²) in [4.78, 5) is 7.29. The Hall–Kier alpha value is -2.22. The van der Waals surface area contributed by atoms with Crippen LogP contribution < -0.4 is 0 Å². The lowest BCUT2D eigenvalue weighted by Crippen LogP contribution is -2.03. The van der Waals surface area contributed by atoms with Gasteiger partial charge in [-0.15, -0.1) is 0 Å². The van der Waals surface area contributed by atoms with Crippen LogP contribution in [0, 0.1) is 0 Å². The number of hydrogen-bond donors (Lipinski definition) is 1. The molecule has 3 rings (SSSR count). The van der Waals surface area contributed by atoms with Crippen molar-refractivity contribution in [3.05, 3.63) is 36.1 Å². The first kappa shape index (κ1) is 14.7. The van der Waals surface area contributed by atoms with Gasteiger partial charge in [-0.2, -0.15) is 0 Å². The highest BCUT2D eigenvalue weighted by molar-refractivity contribution is 7.91. The number of fused-ring (bicyclic) bond motifs is 1. The van der Waals surface area contributed by atoms with Crippen molar-refractivity contribution < 1.29 is 21.6 Å². The van der Waals surface area contributed by atoms with Crippen LogP contribution in [0.25, 0.3) is 22.6 Å². The molecule has 0 unspecified atom stereocenters. The summed E-state index contributed by atoms with van der Waals surface area (Å²) in [5.74, 6) is -0.000780. The number of rotatable bonds is 4. The number of nitrogens with one attached hydrogen (secondary N) is 1. The highest BCUT2D eigenvalue weighted by Crippen LogP contribution is 2.28. The van der Waals surface area contributed by atoms with Gasteiger partial charge in [0, 0.05) is 0 Å². The fraction of sp³-hybridized carbons (Fsp3) is 0.214. The summed E-state index contributed by atoms with van der Waals surface area (Å²) < 4.78 is 53.8. The SMILES string of the molecule is CCS(=O)(=O)c1ccc2nc(-c3ccc(C(F)F)o3)[nH]c2c1. The van der Waals surface area contributed by atoms with Gasteiger partial charge in [0.1, 0.15) is 0 Å². The number of H-pyrrole nitrogens is 1. The third kappa shape index (κ3) is 2.50. The summed E-state index contributed by atoms with van der Waals surface area (Å²) in [6, 6.07) is 7.08. The van der Waals surface area contributed by atoms with Gasteiger partial charge >= 0.3 is 0 Å². The summed E-state index contributed by atoms with van der Waals surface area (Å²) in [6.45, 7) is 1.56. The quantitative estimate of drug-likeness (QED) is 0.795. The zero-order valence-electron chi connectivity index (χ0n) is 11.5. The fourth-order valence-corrected chi connectivity index (χ4v) is 2.97. The molecule has 0 radical (unpaired) electrons. The molecule has 22 heavy (non-hydrogen) atoms. The van der Waals surface area contributed by atoms with E-state index in [2.05, 4.69) is 9.97 Å². The minimum absolute atomic E-state index is 0.00453. The zero-order chi connectivity index (χ0) is 15.9. The molecular weight excluding hydrogens is 314 g/mol. The molecule has 8 heteroatoms. The van der Waals surface area contributed by atoms with Crippen LogP contribution in [0.15, 0.2) is 39.6 Å². The molecule has 0 bridgehead atoms. The molecule has 2 heterocycles. The van der Waals surface area contributed by atoms with E-state index < -0.39 is 22.0 Å². The Morgan fingerprint density at radius 2 is 2.05 bits per heavy atom. The van der Waals surface area contributed by atoms with E-state index >= 15 is 0 Å². The molecule has 0 fully saturated rings. The molecule has 0 amide bonds. The van der Waals surface area contributed by atoms with E-state index in [9.17, 15) is 17.2 Å². The van der Waals surface area contributed by atoms with E-state index in [0.29, 0.717) is 11.0 Å². The van der Waals surface area contributed by atoms with Gasteiger partial charge in [-0.05, 0) is 30.3 Å². The van der Waals surface area contributed by atoms with Crippen LogP contribution in [-0.2, 0) is 9.84 Å². The number of aromatic amines is 1. The second-order valence-corrected chi connectivity index (χ2v) is 6.95. The predicted molar refractivity (Wildman–Crippen MR) is 76.5 cm³/mol. The molecule has 0 spiro atoms. The number of sulfone groups is 1. The zero-order valence-corrected chi connectivity index (χ0v) is 12.3. The van der Waals surface area contributed by atoms with Gasteiger partial charge in [0.25, 0.3) is 6.43 Å². The minimum Gasteiger partial charge on any atom is -0.452 e. The topological polar surface area (TPSA) is 76.0 Å². The van der Waals surface area contributed by atoms with Crippen LogP contribution in [0.4, 0.5) is 8.78 Å². The number of alkyl halides is 2. The monoisotopic (exact) mass is 326 g/mol. The molecule has 0 aliphatic heterocycles. The molecular formula is C14H12F2N2O3S. The van der Waals surface area contributed by atoms with Gasteiger partial charge in [0.05, 0.1) is 21.7 Å². The molecule has 0 aliphatic carbocycles. The van der Waals surface area contributed by atoms with Crippen LogP contribution >= 0.6 is 0 Å². The fourth-order valence-electron chi connectivity index (χ4n) is 2.06. The molecule has 0 atom stereocenters. The number of nitrogens with zero attached hydrogens (tertiary/aromatic N) is 1. The van der Waals surface area contributed by atoms with Crippen LogP contribution in [0.5, 0.6) is 0 Å². The predicted octanol–water partition coefficient (Wildman–Crippen LogP) is 3.55. The second kappa shape index (κ2) is 5.20. The lowest BCUT2D eigenvalue weighted by molar-refractivity contribution is 0.122. The molecule has 1 N–H and O–H groups in total. The number of benzene rings is 1. The highest BCUT2D eigenvalue weighted by atomic mass is 32.2. The van der Waals surface area contributed by atoms with Crippen LogP contribution in [0.1, 0.15) is 19.1 Å². The van der Waals surface area contributed by atoms with Crippen molar-refractivity contribution in [3.8, 4) is 11.6 Å². The van der Waals surface area contributed by atoms with Crippen LogP contribution in [-0.4, -0.2) is 24.1 Å². The maximum Gasteiger partial charge on any atom is 0.295 e. The lowest BCUT2D eigenvalue weighted by Gasteiger charge is -1.99. The Morgan fingerprint density at radius 3 is 2.68 bits per heavy atom. The number of furan rings is 1. The second-order valence-electron chi connectivity index (χ2n) is 4.67.